The normalized spacial score (nSPS) is 22.3. The average Bonchev–Trinajstić information content (AvgIpc) is 3.88. The molecule has 244 valence electrons. The minimum atomic E-state index is -0.230. The molecule has 1 saturated carbocycles. The number of imidazole rings is 1. The zero-order valence-corrected chi connectivity index (χ0v) is 26.8. The molecule has 5 heterocycles. The highest BCUT2D eigenvalue weighted by Crippen LogP contribution is 2.38. The Kier molecular flexibility index (Phi) is 7.98. The highest BCUT2D eigenvalue weighted by atomic mass is 16.5. The van der Waals surface area contributed by atoms with Crippen LogP contribution in [0.5, 0.6) is 5.75 Å². The molecule has 1 amide bonds. The molecule has 8 rings (SSSR count). The number of benzene rings is 2. The van der Waals surface area contributed by atoms with E-state index in [-0.39, 0.29) is 18.1 Å². The zero-order chi connectivity index (χ0) is 31.9. The smallest absolute Gasteiger partial charge is 0.251 e. The van der Waals surface area contributed by atoms with Gasteiger partial charge in [0.2, 0.25) is 0 Å². The number of hydrogen-bond acceptors (Lipinski definition) is 9. The van der Waals surface area contributed by atoms with Crippen molar-refractivity contribution < 1.29 is 14.3 Å². The number of ether oxygens (including phenoxy) is 2. The first kappa shape index (κ1) is 29.8. The lowest BCUT2D eigenvalue weighted by Gasteiger charge is -2.42. The summed E-state index contributed by atoms with van der Waals surface area (Å²) in [4.78, 5) is 34.7. The van der Waals surface area contributed by atoms with E-state index in [0.717, 1.165) is 115 Å². The average molecular weight is 636 g/mol. The third kappa shape index (κ3) is 5.69. The van der Waals surface area contributed by atoms with E-state index in [1.807, 2.05) is 29.2 Å². The molecule has 1 atom stereocenters. The fourth-order valence-electron chi connectivity index (χ4n) is 7.73. The van der Waals surface area contributed by atoms with Crippen molar-refractivity contribution in [2.45, 2.75) is 63.1 Å². The van der Waals surface area contributed by atoms with E-state index in [9.17, 15) is 4.79 Å². The first-order valence-corrected chi connectivity index (χ1v) is 16.8. The highest BCUT2D eigenvalue weighted by Gasteiger charge is 2.34. The van der Waals surface area contributed by atoms with Crippen LogP contribution in [-0.4, -0.2) is 97.5 Å². The summed E-state index contributed by atoms with van der Waals surface area (Å²) < 4.78 is 13.3. The molecular formula is C35H41N9O3. The number of carbonyl (C=O) groups is 1. The van der Waals surface area contributed by atoms with Crippen LogP contribution >= 0.6 is 0 Å². The number of para-hydroxylation sites is 1. The second-order valence-corrected chi connectivity index (χ2v) is 13.0. The molecule has 0 radical (unpaired) electrons. The number of piperazine rings is 1. The lowest BCUT2D eigenvalue weighted by Crippen LogP contribution is -2.54. The number of aromatic nitrogens is 6. The third-order valence-electron chi connectivity index (χ3n) is 10.2. The van der Waals surface area contributed by atoms with E-state index in [0.29, 0.717) is 24.9 Å². The number of aromatic amines is 1. The van der Waals surface area contributed by atoms with Gasteiger partial charge in [0.1, 0.15) is 35.5 Å². The van der Waals surface area contributed by atoms with Gasteiger partial charge >= 0.3 is 0 Å². The maximum absolute atomic E-state index is 12.8. The van der Waals surface area contributed by atoms with Gasteiger partial charge in [-0.05, 0) is 56.7 Å². The molecule has 3 aromatic heterocycles. The first-order valence-electron chi connectivity index (χ1n) is 16.8. The van der Waals surface area contributed by atoms with Gasteiger partial charge in [-0.1, -0.05) is 24.3 Å². The van der Waals surface area contributed by atoms with Crippen LogP contribution in [-0.2, 0) is 16.0 Å². The van der Waals surface area contributed by atoms with Crippen molar-refractivity contribution in [3.63, 3.8) is 0 Å². The summed E-state index contributed by atoms with van der Waals surface area (Å²) in [5.41, 5.74) is 11.9. The summed E-state index contributed by atoms with van der Waals surface area (Å²) in [7, 11) is 1.69. The van der Waals surface area contributed by atoms with Gasteiger partial charge in [-0.25, -0.2) is 19.6 Å². The Morgan fingerprint density at radius 2 is 1.83 bits per heavy atom. The second-order valence-electron chi connectivity index (χ2n) is 13.0. The number of nitrogens with two attached hydrogens (primary N) is 1. The van der Waals surface area contributed by atoms with Crippen LogP contribution in [0, 0.1) is 0 Å². The SMILES string of the molecule is COc1ccccc1Cc1nc2ccc(-c3nn(C4CCC(N5CCN(C(=O)C6CCCO6)CC5)CC4)c4ncnc(N)c34)cc2[nH]1. The van der Waals surface area contributed by atoms with Crippen LogP contribution in [0.15, 0.2) is 48.8 Å². The minimum absolute atomic E-state index is 0.174. The number of H-pyrrole nitrogens is 1. The van der Waals surface area contributed by atoms with Crippen molar-refractivity contribution in [3.8, 4) is 17.0 Å². The molecule has 47 heavy (non-hydrogen) atoms. The van der Waals surface area contributed by atoms with E-state index < -0.39 is 0 Å². The quantitative estimate of drug-likeness (QED) is 0.267. The van der Waals surface area contributed by atoms with Crippen LogP contribution in [0.25, 0.3) is 33.3 Å². The highest BCUT2D eigenvalue weighted by molar-refractivity contribution is 5.99. The Morgan fingerprint density at radius 1 is 1.02 bits per heavy atom. The van der Waals surface area contributed by atoms with Crippen molar-refractivity contribution in [2.75, 3.05) is 45.6 Å². The molecule has 2 saturated heterocycles. The Balaban J connectivity index is 0.986. The summed E-state index contributed by atoms with van der Waals surface area (Å²) in [5, 5.41) is 5.95. The van der Waals surface area contributed by atoms with E-state index >= 15 is 0 Å². The molecule has 0 bridgehead atoms. The topological polar surface area (TPSA) is 140 Å². The lowest BCUT2D eigenvalue weighted by molar-refractivity contribution is -0.143. The number of rotatable bonds is 7. The van der Waals surface area contributed by atoms with Crippen LogP contribution in [0.2, 0.25) is 0 Å². The maximum Gasteiger partial charge on any atom is 0.251 e. The third-order valence-corrected chi connectivity index (χ3v) is 10.2. The number of hydrogen-bond donors (Lipinski definition) is 2. The van der Waals surface area contributed by atoms with Crippen molar-refractivity contribution in [1.82, 2.24) is 39.5 Å². The number of methoxy groups -OCH3 is 1. The molecule has 3 aliphatic rings. The van der Waals surface area contributed by atoms with Gasteiger partial charge in [0.25, 0.3) is 5.91 Å². The van der Waals surface area contributed by atoms with Gasteiger partial charge in [0, 0.05) is 56.4 Å². The van der Waals surface area contributed by atoms with Gasteiger partial charge in [-0.15, -0.1) is 0 Å². The minimum Gasteiger partial charge on any atom is -0.496 e. The van der Waals surface area contributed by atoms with Crippen molar-refractivity contribution in [2.24, 2.45) is 0 Å². The molecule has 3 fully saturated rings. The van der Waals surface area contributed by atoms with Crippen molar-refractivity contribution in [3.05, 3.63) is 60.2 Å². The standard InChI is InChI=1S/C35H41N9O3/c1-46-28-6-3-2-5-22(28)20-30-39-26-13-8-23(19-27(26)40-30)32-31-33(36)37-21-38-34(31)44(41-32)25-11-9-24(10-12-25)42-14-16-43(17-15-42)35(45)29-7-4-18-47-29/h2-3,5-6,8,13,19,21,24-25,29H,4,7,9-12,14-18,20H2,1H3,(H,39,40)(H2,36,37,38). The van der Waals surface area contributed by atoms with Gasteiger partial charge in [-0.3, -0.25) is 9.69 Å². The summed E-state index contributed by atoms with van der Waals surface area (Å²) in [6, 6.07) is 14.9. The number of anilines is 1. The van der Waals surface area contributed by atoms with E-state index in [1.165, 1.54) is 6.33 Å². The monoisotopic (exact) mass is 635 g/mol. The molecule has 3 N–H and O–H groups in total. The molecule has 5 aromatic rings. The van der Waals surface area contributed by atoms with Gasteiger partial charge in [-0.2, -0.15) is 5.10 Å². The molecule has 2 aromatic carbocycles. The molecular weight excluding hydrogens is 594 g/mol. The maximum atomic E-state index is 12.8. The van der Waals surface area contributed by atoms with Crippen LogP contribution in [0.4, 0.5) is 5.82 Å². The number of amides is 1. The Labute approximate surface area is 273 Å². The molecule has 1 unspecified atom stereocenters. The summed E-state index contributed by atoms with van der Waals surface area (Å²) in [6.07, 6.45) is 7.95. The molecule has 0 spiro atoms. The fourth-order valence-corrected chi connectivity index (χ4v) is 7.73. The summed E-state index contributed by atoms with van der Waals surface area (Å²) >= 11 is 0. The molecule has 2 aliphatic heterocycles. The molecule has 12 heteroatoms. The summed E-state index contributed by atoms with van der Waals surface area (Å²) in [6.45, 7) is 4.11. The zero-order valence-electron chi connectivity index (χ0n) is 26.8. The first-order chi connectivity index (χ1) is 23.1. The van der Waals surface area contributed by atoms with E-state index in [2.05, 4.69) is 42.7 Å². The van der Waals surface area contributed by atoms with Crippen LogP contribution in [0.1, 0.15) is 56.0 Å². The largest absolute Gasteiger partial charge is 0.496 e. The Morgan fingerprint density at radius 3 is 2.62 bits per heavy atom. The van der Waals surface area contributed by atoms with Crippen LogP contribution < -0.4 is 10.5 Å². The van der Waals surface area contributed by atoms with E-state index in [1.54, 1.807) is 7.11 Å². The Hall–Kier alpha value is -4.55. The Bertz CT molecular complexity index is 1900. The van der Waals surface area contributed by atoms with Crippen molar-refractivity contribution in [1.29, 1.82) is 0 Å². The van der Waals surface area contributed by atoms with Crippen LogP contribution in [0.3, 0.4) is 0 Å². The summed E-state index contributed by atoms with van der Waals surface area (Å²) in [5.74, 6) is 2.32. The predicted molar refractivity (Wildman–Crippen MR) is 179 cm³/mol. The number of nitrogens with one attached hydrogen (secondary N) is 1. The van der Waals surface area contributed by atoms with E-state index in [4.69, 9.17) is 25.3 Å². The second kappa shape index (κ2) is 12.6. The number of nitrogen functional groups attached to an aromatic ring is 1. The number of nitrogens with zero attached hydrogens (tertiary/aromatic N) is 7. The predicted octanol–water partition coefficient (Wildman–Crippen LogP) is 4.36. The van der Waals surface area contributed by atoms with Crippen molar-refractivity contribution >= 4 is 33.8 Å². The van der Waals surface area contributed by atoms with Gasteiger partial charge in [0.15, 0.2) is 5.65 Å². The number of fused-ring (bicyclic) bond motifs is 2. The lowest BCUT2D eigenvalue weighted by atomic mass is 9.90. The fraction of sp³-hybridized carbons (Fsp3) is 0.457. The molecule has 1 aliphatic carbocycles. The molecule has 12 nitrogen and oxygen atoms in total. The number of carbonyl (C=O) groups excluding carboxylic acids is 1. The van der Waals surface area contributed by atoms with Gasteiger partial charge in [0.05, 0.1) is 29.6 Å². The van der Waals surface area contributed by atoms with Gasteiger partial charge < -0.3 is 25.1 Å².